The Bertz CT molecular complexity index is 520. The highest BCUT2D eigenvalue weighted by Gasteiger charge is 2.20. The van der Waals surface area contributed by atoms with E-state index in [9.17, 15) is 5.11 Å². The number of imidazole rings is 1. The minimum Gasteiger partial charge on any atom is -0.395 e. The second-order valence-electron chi connectivity index (χ2n) is 4.73. The number of nitrogens with zero attached hydrogens (tertiary/aromatic N) is 3. The highest BCUT2D eigenvalue weighted by atomic mass is 32.1. The van der Waals surface area contributed by atoms with Crippen molar-refractivity contribution in [1.29, 1.82) is 0 Å². The first kappa shape index (κ1) is 14.3. The maximum atomic E-state index is 9.25. The summed E-state index contributed by atoms with van der Waals surface area (Å²) in [5, 5.41) is 14.7. The van der Waals surface area contributed by atoms with Crippen molar-refractivity contribution in [3.8, 4) is 0 Å². The summed E-state index contributed by atoms with van der Waals surface area (Å²) in [5.74, 6) is 0.983. The monoisotopic (exact) mass is 282 g/mol. The van der Waals surface area contributed by atoms with Crippen molar-refractivity contribution in [2.75, 3.05) is 24.6 Å². The number of thiazole rings is 1. The lowest BCUT2D eigenvalue weighted by Gasteiger charge is -2.27. The van der Waals surface area contributed by atoms with Crippen molar-refractivity contribution in [2.45, 2.75) is 33.4 Å². The minimum atomic E-state index is 0.143. The predicted molar refractivity (Wildman–Crippen MR) is 80.0 cm³/mol. The summed E-state index contributed by atoms with van der Waals surface area (Å²) < 4.78 is 2.13. The van der Waals surface area contributed by atoms with Gasteiger partial charge in [-0.3, -0.25) is 4.40 Å². The lowest BCUT2D eigenvalue weighted by Crippen LogP contribution is -2.35. The smallest absolute Gasteiger partial charge is 0.195 e. The Kier molecular flexibility index (Phi) is 4.79. The first-order valence-corrected chi connectivity index (χ1v) is 7.59. The van der Waals surface area contributed by atoms with Crippen molar-refractivity contribution in [2.24, 2.45) is 0 Å². The highest BCUT2D eigenvalue weighted by molar-refractivity contribution is 7.15. The van der Waals surface area contributed by atoms with Crippen LogP contribution >= 0.6 is 11.3 Å². The molecular formula is C13H22N4OS. The summed E-state index contributed by atoms with van der Waals surface area (Å²) in [4.78, 5) is 7.89. The van der Waals surface area contributed by atoms with Gasteiger partial charge in [-0.15, -0.1) is 11.3 Å². The van der Waals surface area contributed by atoms with Gasteiger partial charge in [-0.25, -0.2) is 4.98 Å². The van der Waals surface area contributed by atoms with E-state index in [0.717, 1.165) is 23.9 Å². The van der Waals surface area contributed by atoms with E-state index in [1.807, 2.05) is 5.38 Å². The van der Waals surface area contributed by atoms with Gasteiger partial charge in [0.15, 0.2) is 10.8 Å². The van der Waals surface area contributed by atoms with Gasteiger partial charge in [-0.1, -0.05) is 6.92 Å². The molecule has 0 aliphatic carbocycles. The Hall–Kier alpha value is -1.11. The molecule has 106 valence electrons. The molecule has 6 heteroatoms. The Morgan fingerprint density at radius 3 is 2.95 bits per heavy atom. The van der Waals surface area contributed by atoms with E-state index in [1.165, 1.54) is 5.69 Å². The fourth-order valence-corrected chi connectivity index (χ4v) is 2.90. The Labute approximate surface area is 117 Å². The standard InChI is InChI=1S/C13H22N4OS/c1-4-14-9-11-12(16(5-7-18)10(2)3)15-13-17(11)6-8-19-13/h6,8,10,14,18H,4-5,7,9H2,1-3H3. The Balaban J connectivity index is 2.41. The summed E-state index contributed by atoms with van der Waals surface area (Å²) >= 11 is 1.64. The third kappa shape index (κ3) is 2.91. The third-order valence-electron chi connectivity index (χ3n) is 3.12. The molecule has 2 heterocycles. The molecule has 19 heavy (non-hydrogen) atoms. The third-order valence-corrected chi connectivity index (χ3v) is 3.88. The molecule has 0 unspecified atom stereocenters. The molecule has 0 bridgehead atoms. The molecule has 0 amide bonds. The number of nitrogens with one attached hydrogen (secondary N) is 1. The van der Waals surface area contributed by atoms with E-state index in [2.05, 4.69) is 41.6 Å². The van der Waals surface area contributed by atoms with E-state index >= 15 is 0 Å². The zero-order valence-electron chi connectivity index (χ0n) is 11.8. The van der Waals surface area contributed by atoms with Gasteiger partial charge in [0.25, 0.3) is 0 Å². The molecular weight excluding hydrogens is 260 g/mol. The van der Waals surface area contributed by atoms with Crippen LogP contribution in [0.5, 0.6) is 0 Å². The fourth-order valence-electron chi connectivity index (χ4n) is 2.18. The van der Waals surface area contributed by atoms with Crippen LogP contribution in [0.2, 0.25) is 0 Å². The number of anilines is 1. The molecule has 2 rings (SSSR count). The van der Waals surface area contributed by atoms with Crippen LogP contribution < -0.4 is 10.2 Å². The van der Waals surface area contributed by atoms with Crippen LogP contribution in [0.15, 0.2) is 11.6 Å². The molecule has 0 fully saturated rings. The van der Waals surface area contributed by atoms with Gasteiger partial charge in [0.1, 0.15) is 0 Å². The van der Waals surface area contributed by atoms with E-state index in [-0.39, 0.29) is 6.61 Å². The molecule has 2 aromatic heterocycles. The van der Waals surface area contributed by atoms with Gasteiger partial charge < -0.3 is 15.3 Å². The van der Waals surface area contributed by atoms with Crippen LogP contribution in [0.1, 0.15) is 26.5 Å². The maximum absolute atomic E-state index is 9.25. The van der Waals surface area contributed by atoms with Crippen LogP contribution in [0.3, 0.4) is 0 Å². The number of hydrogen-bond acceptors (Lipinski definition) is 5. The van der Waals surface area contributed by atoms with E-state index < -0.39 is 0 Å². The van der Waals surface area contributed by atoms with Crippen LogP contribution in [0.25, 0.3) is 4.96 Å². The minimum absolute atomic E-state index is 0.143. The molecule has 0 saturated heterocycles. The number of rotatable bonds is 7. The molecule has 0 atom stereocenters. The Morgan fingerprint density at radius 2 is 2.32 bits per heavy atom. The van der Waals surface area contributed by atoms with Crippen molar-refractivity contribution in [3.05, 3.63) is 17.3 Å². The second-order valence-corrected chi connectivity index (χ2v) is 5.60. The number of fused-ring (bicyclic) bond motifs is 1. The zero-order valence-corrected chi connectivity index (χ0v) is 12.6. The van der Waals surface area contributed by atoms with Gasteiger partial charge in [0, 0.05) is 30.7 Å². The lowest BCUT2D eigenvalue weighted by molar-refractivity contribution is 0.298. The fraction of sp³-hybridized carbons (Fsp3) is 0.615. The van der Waals surface area contributed by atoms with Crippen molar-refractivity contribution >= 4 is 22.1 Å². The van der Waals surface area contributed by atoms with Crippen LogP contribution in [-0.4, -0.2) is 40.2 Å². The van der Waals surface area contributed by atoms with Gasteiger partial charge in [0.2, 0.25) is 0 Å². The average molecular weight is 282 g/mol. The van der Waals surface area contributed by atoms with Gasteiger partial charge in [-0.2, -0.15) is 0 Å². The van der Waals surface area contributed by atoms with Crippen molar-refractivity contribution in [1.82, 2.24) is 14.7 Å². The molecule has 2 aromatic rings. The van der Waals surface area contributed by atoms with E-state index in [4.69, 9.17) is 4.98 Å². The molecule has 0 aliphatic rings. The SMILES string of the molecule is CCNCc1c(N(CCO)C(C)C)nc2sccn12. The van der Waals surface area contributed by atoms with E-state index in [0.29, 0.717) is 12.6 Å². The van der Waals surface area contributed by atoms with Gasteiger partial charge in [0.05, 0.1) is 12.3 Å². The second kappa shape index (κ2) is 6.36. The lowest BCUT2D eigenvalue weighted by atomic mass is 10.3. The van der Waals surface area contributed by atoms with Crippen molar-refractivity contribution < 1.29 is 5.11 Å². The molecule has 5 nitrogen and oxygen atoms in total. The number of aliphatic hydroxyl groups excluding tert-OH is 1. The molecule has 0 radical (unpaired) electrons. The summed E-state index contributed by atoms with van der Waals surface area (Å²) in [6.45, 7) is 8.82. The summed E-state index contributed by atoms with van der Waals surface area (Å²) in [6, 6.07) is 0.317. The first-order chi connectivity index (χ1) is 9.19. The molecule has 0 aliphatic heterocycles. The number of aromatic nitrogens is 2. The predicted octanol–water partition coefficient (Wildman–Crippen LogP) is 1.71. The largest absolute Gasteiger partial charge is 0.395 e. The van der Waals surface area contributed by atoms with Crippen LogP contribution in [-0.2, 0) is 6.54 Å². The normalized spacial score (nSPS) is 11.6. The van der Waals surface area contributed by atoms with Gasteiger partial charge in [-0.05, 0) is 20.4 Å². The summed E-state index contributed by atoms with van der Waals surface area (Å²) in [6.07, 6.45) is 2.06. The number of hydrogen-bond donors (Lipinski definition) is 2. The van der Waals surface area contributed by atoms with E-state index in [1.54, 1.807) is 11.3 Å². The molecule has 0 aromatic carbocycles. The highest BCUT2D eigenvalue weighted by Crippen LogP contribution is 2.26. The van der Waals surface area contributed by atoms with Crippen LogP contribution in [0, 0.1) is 0 Å². The maximum Gasteiger partial charge on any atom is 0.195 e. The molecule has 0 spiro atoms. The molecule has 0 saturated carbocycles. The molecule has 2 N–H and O–H groups in total. The quantitative estimate of drug-likeness (QED) is 0.812. The number of aliphatic hydroxyl groups is 1. The summed E-state index contributed by atoms with van der Waals surface area (Å²) in [5.41, 5.74) is 1.17. The summed E-state index contributed by atoms with van der Waals surface area (Å²) in [7, 11) is 0. The Morgan fingerprint density at radius 1 is 1.53 bits per heavy atom. The first-order valence-electron chi connectivity index (χ1n) is 6.71. The average Bonchev–Trinajstić information content (AvgIpc) is 2.94. The topological polar surface area (TPSA) is 52.8 Å². The van der Waals surface area contributed by atoms with Crippen LogP contribution in [0.4, 0.5) is 5.82 Å². The van der Waals surface area contributed by atoms with Gasteiger partial charge >= 0.3 is 0 Å². The van der Waals surface area contributed by atoms with Crippen molar-refractivity contribution in [3.63, 3.8) is 0 Å². The zero-order chi connectivity index (χ0) is 13.8.